The lowest BCUT2D eigenvalue weighted by Gasteiger charge is -2.02. The molecule has 0 radical (unpaired) electrons. The molecular weight excluding hydrogens is 236 g/mol. The van der Waals surface area contributed by atoms with Crippen molar-refractivity contribution >= 4 is 17.4 Å². The van der Waals surface area contributed by atoms with E-state index in [1.807, 2.05) is 6.07 Å². The topological polar surface area (TPSA) is 111 Å². The van der Waals surface area contributed by atoms with Crippen molar-refractivity contribution in [2.45, 2.75) is 19.8 Å². The van der Waals surface area contributed by atoms with Gasteiger partial charge in [0.25, 0.3) is 5.69 Å². The Morgan fingerprint density at radius 1 is 1.56 bits per heavy atom. The zero-order valence-electron chi connectivity index (χ0n) is 9.92. The summed E-state index contributed by atoms with van der Waals surface area (Å²) in [5.41, 5.74) is 8.61. The molecular formula is C11H14N4O3. The number of non-ortho nitro benzene ring substituents is 1. The van der Waals surface area contributed by atoms with Gasteiger partial charge in [-0.25, -0.2) is 10.2 Å². The van der Waals surface area contributed by atoms with Crippen molar-refractivity contribution in [2.24, 2.45) is 10.8 Å². The Bertz CT molecular complexity index is 485. The van der Waals surface area contributed by atoms with E-state index in [0.29, 0.717) is 18.6 Å². The van der Waals surface area contributed by atoms with Gasteiger partial charge in [-0.3, -0.25) is 10.1 Å². The van der Waals surface area contributed by atoms with Crippen molar-refractivity contribution in [1.82, 2.24) is 5.43 Å². The van der Waals surface area contributed by atoms with Crippen LogP contribution in [0.2, 0.25) is 0 Å². The molecule has 0 saturated heterocycles. The molecule has 3 N–H and O–H groups in total. The number of nitro groups is 1. The minimum atomic E-state index is -0.718. The fourth-order valence-corrected chi connectivity index (χ4v) is 1.36. The maximum absolute atomic E-state index is 10.6. The quantitative estimate of drug-likeness (QED) is 0.470. The summed E-state index contributed by atoms with van der Waals surface area (Å²) in [6.07, 6.45) is 1.19. The summed E-state index contributed by atoms with van der Waals surface area (Å²) >= 11 is 0. The highest BCUT2D eigenvalue weighted by atomic mass is 16.6. The molecule has 1 rings (SSSR count). The minimum absolute atomic E-state index is 0.0670. The molecule has 0 atom stereocenters. The number of primary amides is 1. The molecule has 0 fully saturated rings. The number of aryl methyl sites for hydroxylation is 1. The van der Waals surface area contributed by atoms with E-state index in [2.05, 4.69) is 10.5 Å². The van der Waals surface area contributed by atoms with E-state index in [9.17, 15) is 14.9 Å². The van der Waals surface area contributed by atoms with E-state index < -0.39 is 11.0 Å². The second kappa shape index (κ2) is 6.33. The van der Waals surface area contributed by atoms with Crippen molar-refractivity contribution in [3.8, 4) is 0 Å². The van der Waals surface area contributed by atoms with Gasteiger partial charge in [-0.2, -0.15) is 5.10 Å². The first-order chi connectivity index (χ1) is 8.49. The van der Waals surface area contributed by atoms with E-state index >= 15 is 0 Å². The van der Waals surface area contributed by atoms with Gasteiger partial charge in [-0.15, -0.1) is 0 Å². The number of hydrazone groups is 1. The Labute approximate surface area is 104 Å². The van der Waals surface area contributed by atoms with E-state index in [0.717, 1.165) is 5.56 Å². The average Bonchev–Trinajstić information content (AvgIpc) is 2.34. The Hall–Kier alpha value is -2.44. The standard InChI is InChI=1S/C11H14N4O3/c1-8(13-14-11(12)16)5-6-9-3-2-4-10(7-9)15(17)18/h2-4,7H,5-6H2,1H3,(H3,12,14,16)/b13-8-. The fraction of sp³-hybridized carbons (Fsp3) is 0.273. The highest BCUT2D eigenvalue weighted by molar-refractivity contribution is 5.83. The first-order valence-corrected chi connectivity index (χ1v) is 5.31. The molecule has 0 aromatic heterocycles. The van der Waals surface area contributed by atoms with E-state index in [1.54, 1.807) is 13.0 Å². The minimum Gasteiger partial charge on any atom is -0.350 e. The maximum atomic E-state index is 10.6. The van der Waals surface area contributed by atoms with Gasteiger partial charge in [0, 0.05) is 17.8 Å². The van der Waals surface area contributed by atoms with E-state index in [1.165, 1.54) is 12.1 Å². The number of nitro benzene ring substituents is 1. The van der Waals surface area contributed by atoms with Crippen molar-refractivity contribution in [3.63, 3.8) is 0 Å². The highest BCUT2D eigenvalue weighted by Gasteiger charge is 2.05. The molecule has 0 aliphatic carbocycles. The number of carbonyl (C=O) groups is 1. The van der Waals surface area contributed by atoms with Crippen LogP contribution in [-0.2, 0) is 6.42 Å². The maximum Gasteiger partial charge on any atom is 0.332 e. The first-order valence-electron chi connectivity index (χ1n) is 5.31. The molecule has 0 aliphatic heterocycles. The fourth-order valence-electron chi connectivity index (χ4n) is 1.36. The molecule has 0 aliphatic rings. The van der Waals surface area contributed by atoms with Crippen molar-refractivity contribution < 1.29 is 9.72 Å². The lowest BCUT2D eigenvalue weighted by Crippen LogP contribution is -2.25. The van der Waals surface area contributed by atoms with Crippen LogP contribution in [0.3, 0.4) is 0 Å². The third-order valence-corrected chi connectivity index (χ3v) is 2.25. The Kier molecular flexibility index (Phi) is 4.79. The number of amides is 2. The van der Waals surface area contributed by atoms with Crippen LogP contribution >= 0.6 is 0 Å². The van der Waals surface area contributed by atoms with Gasteiger partial charge < -0.3 is 5.73 Å². The molecule has 2 amide bonds. The van der Waals surface area contributed by atoms with Gasteiger partial charge in [-0.05, 0) is 25.3 Å². The summed E-state index contributed by atoms with van der Waals surface area (Å²) < 4.78 is 0. The molecule has 96 valence electrons. The van der Waals surface area contributed by atoms with E-state index in [4.69, 9.17) is 5.73 Å². The van der Waals surface area contributed by atoms with Crippen molar-refractivity contribution in [1.29, 1.82) is 0 Å². The molecule has 7 heteroatoms. The Morgan fingerprint density at radius 3 is 2.89 bits per heavy atom. The molecule has 0 unspecified atom stereocenters. The number of hydrogen-bond donors (Lipinski definition) is 2. The Morgan fingerprint density at radius 2 is 2.28 bits per heavy atom. The van der Waals surface area contributed by atoms with Crippen LogP contribution in [0.4, 0.5) is 10.5 Å². The molecule has 0 heterocycles. The lowest BCUT2D eigenvalue weighted by molar-refractivity contribution is -0.384. The Balaban J connectivity index is 2.58. The molecule has 0 saturated carbocycles. The monoisotopic (exact) mass is 250 g/mol. The van der Waals surface area contributed by atoms with Gasteiger partial charge in [0.15, 0.2) is 0 Å². The number of nitrogens with zero attached hydrogens (tertiary/aromatic N) is 2. The summed E-state index contributed by atoms with van der Waals surface area (Å²) in [5, 5.41) is 14.3. The molecule has 0 bridgehead atoms. The molecule has 1 aromatic carbocycles. The second-order valence-corrected chi connectivity index (χ2v) is 3.75. The van der Waals surface area contributed by atoms with Crippen LogP contribution in [-0.4, -0.2) is 16.7 Å². The predicted molar refractivity (Wildman–Crippen MR) is 67.2 cm³/mol. The molecule has 18 heavy (non-hydrogen) atoms. The smallest absolute Gasteiger partial charge is 0.332 e. The zero-order valence-corrected chi connectivity index (χ0v) is 9.92. The number of carbonyl (C=O) groups excluding carboxylic acids is 1. The summed E-state index contributed by atoms with van der Waals surface area (Å²) in [4.78, 5) is 20.6. The number of nitrogens with one attached hydrogen (secondary N) is 1. The first kappa shape index (κ1) is 13.6. The van der Waals surface area contributed by atoms with Crippen LogP contribution in [0.25, 0.3) is 0 Å². The average molecular weight is 250 g/mol. The van der Waals surface area contributed by atoms with Crippen LogP contribution in [0.1, 0.15) is 18.9 Å². The normalized spacial score (nSPS) is 11.1. The number of benzene rings is 1. The van der Waals surface area contributed by atoms with Crippen LogP contribution < -0.4 is 11.2 Å². The van der Waals surface area contributed by atoms with Crippen molar-refractivity contribution in [3.05, 3.63) is 39.9 Å². The summed E-state index contributed by atoms with van der Waals surface area (Å²) in [6, 6.07) is 5.70. The molecule has 7 nitrogen and oxygen atoms in total. The second-order valence-electron chi connectivity index (χ2n) is 3.75. The largest absolute Gasteiger partial charge is 0.350 e. The number of urea groups is 1. The predicted octanol–water partition coefficient (Wildman–Crippen LogP) is 1.57. The van der Waals surface area contributed by atoms with Crippen LogP contribution in [0, 0.1) is 10.1 Å². The number of nitrogens with two attached hydrogens (primary N) is 1. The third-order valence-electron chi connectivity index (χ3n) is 2.25. The third kappa shape index (κ3) is 4.60. The number of rotatable bonds is 5. The van der Waals surface area contributed by atoms with Crippen LogP contribution in [0.15, 0.2) is 29.4 Å². The van der Waals surface area contributed by atoms with E-state index in [-0.39, 0.29) is 5.69 Å². The van der Waals surface area contributed by atoms with Crippen LogP contribution in [0.5, 0.6) is 0 Å². The van der Waals surface area contributed by atoms with Crippen molar-refractivity contribution in [2.75, 3.05) is 0 Å². The van der Waals surface area contributed by atoms with Gasteiger partial charge in [0.1, 0.15) is 0 Å². The molecule has 1 aromatic rings. The van der Waals surface area contributed by atoms with Gasteiger partial charge in [-0.1, -0.05) is 12.1 Å². The zero-order chi connectivity index (χ0) is 13.5. The van der Waals surface area contributed by atoms with Gasteiger partial charge in [0.2, 0.25) is 0 Å². The summed E-state index contributed by atoms with van der Waals surface area (Å²) in [5.74, 6) is 0. The number of hydrogen-bond acceptors (Lipinski definition) is 4. The highest BCUT2D eigenvalue weighted by Crippen LogP contribution is 2.14. The van der Waals surface area contributed by atoms with Gasteiger partial charge in [0.05, 0.1) is 4.92 Å². The lowest BCUT2D eigenvalue weighted by atomic mass is 10.1. The van der Waals surface area contributed by atoms with Gasteiger partial charge >= 0.3 is 6.03 Å². The SMILES string of the molecule is C/C(CCc1cccc([N+](=O)[O-])c1)=N/NC(N)=O. The summed E-state index contributed by atoms with van der Waals surface area (Å²) in [6.45, 7) is 1.74. The molecule has 0 spiro atoms. The summed E-state index contributed by atoms with van der Waals surface area (Å²) in [7, 11) is 0.